The van der Waals surface area contributed by atoms with Crippen molar-refractivity contribution in [2.45, 2.75) is 257 Å². The van der Waals surface area contributed by atoms with Crippen molar-refractivity contribution in [3.05, 3.63) is 0 Å². The van der Waals surface area contributed by atoms with E-state index in [0.29, 0.717) is 0 Å². The molecule has 0 aliphatic carbocycles. The zero-order valence-electron chi connectivity index (χ0n) is 30.8. The van der Waals surface area contributed by atoms with Gasteiger partial charge in [0.15, 0.2) is 0 Å². The SMILES string of the molecule is C[Si](C)(Cl)CCCCCCCCCCCCCCCCCCCCCCCCCCCCCCCCCCCCCCCCl. The van der Waals surface area contributed by atoms with Gasteiger partial charge >= 0.3 is 0 Å². The molecule has 0 aromatic heterocycles. The second kappa shape index (κ2) is 38.2. The summed E-state index contributed by atoms with van der Waals surface area (Å²) < 4.78 is 0. The van der Waals surface area contributed by atoms with Gasteiger partial charge in [0.2, 0.25) is 0 Å². The summed E-state index contributed by atoms with van der Waals surface area (Å²) >= 11 is 12.1. The van der Waals surface area contributed by atoms with Crippen LogP contribution in [0.15, 0.2) is 0 Å². The number of halogens is 2. The first-order valence-corrected chi connectivity index (χ1v) is 25.6. The van der Waals surface area contributed by atoms with Crippen molar-refractivity contribution in [2.75, 3.05) is 5.88 Å². The van der Waals surface area contributed by atoms with E-state index < -0.39 is 7.38 Å². The summed E-state index contributed by atoms with van der Waals surface area (Å²) in [4.78, 5) is 0. The molecule has 0 atom stereocenters. The third kappa shape index (κ3) is 42.8. The van der Waals surface area contributed by atoms with Crippen LogP contribution in [0.4, 0.5) is 0 Å². The molecule has 0 amide bonds. The van der Waals surface area contributed by atoms with Crippen LogP contribution in [0.3, 0.4) is 0 Å². The van der Waals surface area contributed by atoms with Crippen molar-refractivity contribution in [2.24, 2.45) is 0 Å². The zero-order chi connectivity index (χ0) is 32.1. The first kappa shape index (κ1) is 44.8. The molecule has 0 aromatic carbocycles. The lowest BCUT2D eigenvalue weighted by Gasteiger charge is -2.11. The lowest BCUT2D eigenvalue weighted by atomic mass is 10.0. The molecule has 0 heterocycles. The van der Waals surface area contributed by atoms with Crippen LogP contribution in [-0.4, -0.2) is 13.3 Å². The van der Waals surface area contributed by atoms with Crippen molar-refractivity contribution in [3.63, 3.8) is 0 Å². The number of alkyl halides is 1. The Morgan fingerprint density at radius 1 is 0.250 bits per heavy atom. The van der Waals surface area contributed by atoms with Gasteiger partial charge in [-0.25, -0.2) is 0 Å². The molecule has 44 heavy (non-hydrogen) atoms. The Morgan fingerprint density at radius 2 is 0.386 bits per heavy atom. The minimum Gasteiger partial charge on any atom is -0.168 e. The van der Waals surface area contributed by atoms with Gasteiger partial charge in [0.05, 0.1) is 0 Å². The van der Waals surface area contributed by atoms with E-state index in [1.165, 1.54) is 244 Å². The molecule has 0 aromatic rings. The fourth-order valence-electron chi connectivity index (χ4n) is 6.83. The van der Waals surface area contributed by atoms with Crippen LogP contribution in [0.5, 0.6) is 0 Å². The Balaban J connectivity index is 3.05. The van der Waals surface area contributed by atoms with Crippen molar-refractivity contribution < 1.29 is 0 Å². The molecule has 0 spiro atoms. The number of hydrogen-bond acceptors (Lipinski definition) is 0. The number of rotatable bonds is 39. The summed E-state index contributed by atoms with van der Waals surface area (Å²) in [7, 11) is -1.31. The van der Waals surface area contributed by atoms with Crippen LogP contribution in [0.1, 0.15) is 238 Å². The lowest BCUT2D eigenvalue weighted by molar-refractivity contribution is 0.510. The van der Waals surface area contributed by atoms with Gasteiger partial charge < -0.3 is 0 Å². The maximum atomic E-state index is 6.40. The summed E-state index contributed by atoms with van der Waals surface area (Å²) in [5, 5.41) is 0. The molecule has 0 saturated heterocycles. The largest absolute Gasteiger partial charge is 0.168 e. The smallest absolute Gasteiger partial charge is 0.150 e. The fourth-order valence-corrected chi connectivity index (χ4v) is 8.51. The Hall–Kier alpha value is 0.797. The van der Waals surface area contributed by atoms with Gasteiger partial charge in [-0.3, -0.25) is 0 Å². The van der Waals surface area contributed by atoms with Gasteiger partial charge in [-0.05, 0) is 12.5 Å². The standard InChI is InChI=1S/C41H84Cl2Si/c1-44(2,43)41-39-37-35-33-31-29-27-25-23-21-19-17-15-13-11-9-7-5-3-4-6-8-10-12-14-16-18-20-22-24-26-28-30-32-34-36-38-40-42/h3-41H2,1-2H3. The summed E-state index contributed by atoms with van der Waals surface area (Å²) in [6, 6.07) is 1.30. The highest BCUT2D eigenvalue weighted by Gasteiger charge is 2.15. The van der Waals surface area contributed by atoms with Gasteiger partial charge in [0.25, 0.3) is 0 Å². The minimum atomic E-state index is -1.31. The van der Waals surface area contributed by atoms with Crippen molar-refractivity contribution in [1.82, 2.24) is 0 Å². The van der Waals surface area contributed by atoms with Gasteiger partial charge in [-0.2, -0.15) is 11.1 Å². The predicted molar refractivity (Wildman–Crippen MR) is 210 cm³/mol. The highest BCUT2D eigenvalue weighted by Crippen LogP contribution is 2.20. The first-order valence-electron chi connectivity index (χ1n) is 20.8. The van der Waals surface area contributed by atoms with Crippen LogP contribution >= 0.6 is 22.7 Å². The Labute approximate surface area is 291 Å². The maximum Gasteiger partial charge on any atom is 0.150 e. The first-order chi connectivity index (χ1) is 21.6. The molecule has 0 rings (SSSR count). The average Bonchev–Trinajstić information content (AvgIpc) is 3.00. The quantitative estimate of drug-likeness (QED) is 0.0263. The number of hydrogen-bond donors (Lipinski definition) is 0. The van der Waals surface area contributed by atoms with E-state index >= 15 is 0 Å². The van der Waals surface area contributed by atoms with Crippen LogP contribution in [0.25, 0.3) is 0 Å². The highest BCUT2D eigenvalue weighted by atomic mass is 35.6. The van der Waals surface area contributed by atoms with Gasteiger partial charge in [0, 0.05) is 5.88 Å². The molecule has 266 valence electrons. The molecule has 0 N–H and O–H groups in total. The fraction of sp³-hybridized carbons (Fsp3) is 1.00. The maximum absolute atomic E-state index is 6.40. The van der Waals surface area contributed by atoms with Crippen LogP contribution in [-0.2, 0) is 0 Å². The minimum absolute atomic E-state index is 0.846. The molecule has 0 unspecified atom stereocenters. The normalized spacial score (nSPS) is 12.0. The van der Waals surface area contributed by atoms with E-state index in [2.05, 4.69) is 13.1 Å². The number of unbranched alkanes of at least 4 members (excludes halogenated alkanes) is 36. The van der Waals surface area contributed by atoms with Crippen molar-refractivity contribution >= 4 is 30.1 Å². The van der Waals surface area contributed by atoms with Gasteiger partial charge in [0.1, 0.15) is 7.38 Å². The Morgan fingerprint density at radius 3 is 0.523 bits per heavy atom. The Kier molecular flexibility index (Phi) is 38.9. The summed E-state index contributed by atoms with van der Waals surface area (Å²) in [6.07, 6.45) is 53.9. The van der Waals surface area contributed by atoms with Crippen LogP contribution < -0.4 is 0 Å². The second-order valence-electron chi connectivity index (χ2n) is 15.2. The predicted octanol–water partition coefficient (Wildman–Crippen LogP) is 17.1. The van der Waals surface area contributed by atoms with E-state index in [-0.39, 0.29) is 0 Å². The zero-order valence-corrected chi connectivity index (χ0v) is 33.3. The van der Waals surface area contributed by atoms with E-state index in [1.54, 1.807) is 0 Å². The summed E-state index contributed by atoms with van der Waals surface area (Å²) in [5.74, 6) is 0.846. The van der Waals surface area contributed by atoms with E-state index in [4.69, 9.17) is 22.7 Å². The average molecular weight is 676 g/mol. The van der Waals surface area contributed by atoms with Crippen LogP contribution in [0, 0.1) is 0 Å². The molecule has 0 saturated carbocycles. The van der Waals surface area contributed by atoms with Crippen LogP contribution in [0.2, 0.25) is 19.1 Å². The Bertz CT molecular complexity index is 503. The molecular weight excluding hydrogens is 591 g/mol. The molecule has 0 aliphatic rings. The molecule has 0 bridgehead atoms. The third-order valence-corrected chi connectivity index (χ3v) is 12.3. The monoisotopic (exact) mass is 675 g/mol. The van der Waals surface area contributed by atoms with E-state index in [0.717, 1.165) is 5.88 Å². The van der Waals surface area contributed by atoms with Crippen molar-refractivity contribution in [3.8, 4) is 0 Å². The third-order valence-electron chi connectivity index (χ3n) is 9.90. The second-order valence-corrected chi connectivity index (χ2v) is 22.6. The molecule has 0 fully saturated rings. The van der Waals surface area contributed by atoms with E-state index in [9.17, 15) is 0 Å². The molecular formula is C41H84Cl2Si. The lowest BCUT2D eigenvalue weighted by Crippen LogP contribution is -2.14. The van der Waals surface area contributed by atoms with Gasteiger partial charge in [-0.1, -0.05) is 244 Å². The summed E-state index contributed by atoms with van der Waals surface area (Å²) in [5.41, 5.74) is 0. The highest BCUT2D eigenvalue weighted by molar-refractivity contribution is 7.19. The van der Waals surface area contributed by atoms with E-state index in [1.807, 2.05) is 0 Å². The molecule has 3 heteroatoms. The molecule has 0 aliphatic heterocycles. The van der Waals surface area contributed by atoms with Gasteiger partial charge in [-0.15, -0.1) is 11.6 Å². The molecule has 0 nitrogen and oxygen atoms in total. The van der Waals surface area contributed by atoms with Crippen molar-refractivity contribution in [1.29, 1.82) is 0 Å². The molecule has 0 radical (unpaired) electrons. The topological polar surface area (TPSA) is 0 Å². The summed E-state index contributed by atoms with van der Waals surface area (Å²) in [6.45, 7) is 4.55.